The van der Waals surface area contributed by atoms with E-state index in [1.54, 1.807) is 0 Å². The Hall–Kier alpha value is -0.540. The van der Waals surface area contributed by atoms with Gasteiger partial charge in [-0.2, -0.15) is 0 Å². The summed E-state index contributed by atoms with van der Waals surface area (Å²) in [4.78, 5) is 2.45. The third-order valence-electron chi connectivity index (χ3n) is 3.52. The Morgan fingerprint density at radius 1 is 1.41 bits per heavy atom. The molecular weight excluding hydrogens is 276 g/mol. The van der Waals surface area contributed by atoms with Crippen molar-refractivity contribution in [3.63, 3.8) is 0 Å². The van der Waals surface area contributed by atoms with Crippen LogP contribution in [0.15, 0.2) is 22.7 Å². The molecule has 1 aromatic rings. The average Bonchev–Trinajstić information content (AvgIpc) is 2.58. The fourth-order valence-electron chi connectivity index (χ4n) is 2.41. The highest BCUT2D eigenvalue weighted by Crippen LogP contribution is 2.34. The van der Waals surface area contributed by atoms with Crippen LogP contribution in [-0.2, 0) is 0 Å². The van der Waals surface area contributed by atoms with Crippen molar-refractivity contribution < 1.29 is 0 Å². The fraction of sp³-hybridized carbons (Fsp3) is 0.571. The number of nitrogens with zero attached hydrogens (tertiary/aromatic N) is 1. The summed E-state index contributed by atoms with van der Waals surface area (Å²) in [5, 5.41) is 0. The van der Waals surface area contributed by atoms with E-state index in [2.05, 4.69) is 52.9 Å². The summed E-state index contributed by atoms with van der Waals surface area (Å²) >= 11 is 3.62. The lowest BCUT2D eigenvalue weighted by Crippen LogP contribution is -2.22. The van der Waals surface area contributed by atoms with Gasteiger partial charge in [0.15, 0.2) is 0 Å². The Kier molecular flexibility index (Phi) is 3.50. The Morgan fingerprint density at radius 3 is 2.59 bits per heavy atom. The molecule has 1 aliphatic heterocycles. The molecule has 17 heavy (non-hydrogen) atoms. The molecule has 94 valence electrons. The first-order valence-electron chi connectivity index (χ1n) is 6.19. The fourth-order valence-corrected chi connectivity index (χ4v) is 3.14. The van der Waals surface area contributed by atoms with Crippen molar-refractivity contribution in [1.82, 2.24) is 0 Å². The first-order valence-corrected chi connectivity index (χ1v) is 6.98. The predicted molar refractivity (Wildman–Crippen MR) is 77.4 cm³/mol. The molecule has 1 aromatic carbocycles. The molecule has 1 heterocycles. The summed E-state index contributed by atoms with van der Waals surface area (Å²) in [6.07, 6.45) is 1.26. The van der Waals surface area contributed by atoms with E-state index in [-0.39, 0.29) is 6.04 Å². The van der Waals surface area contributed by atoms with Crippen LogP contribution in [0.2, 0.25) is 0 Å². The monoisotopic (exact) mass is 296 g/mol. The number of anilines is 1. The van der Waals surface area contributed by atoms with E-state index >= 15 is 0 Å². The van der Waals surface area contributed by atoms with Gasteiger partial charge in [-0.1, -0.05) is 35.8 Å². The topological polar surface area (TPSA) is 29.3 Å². The third-order valence-corrected chi connectivity index (χ3v) is 4.20. The van der Waals surface area contributed by atoms with Crippen molar-refractivity contribution in [3.8, 4) is 0 Å². The highest BCUT2D eigenvalue weighted by atomic mass is 79.9. The van der Waals surface area contributed by atoms with Crippen LogP contribution < -0.4 is 10.6 Å². The van der Waals surface area contributed by atoms with E-state index in [4.69, 9.17) is 5.73 Å². The van der Waals surface area contributed by atoms with Gasteiger partial charge in [0.1, 0.15) is 0 Å². The quantitative estimate of drug-likeness (QED) is 0.901. The highest BCUT2D eigenvalue weighted by molar-refractivity contribution is 9.10. The van der Waals surface area contributed by atoms with Crippen molar-refractivity contribution in [2.75, 3.05) is 18.0 Å². The number of hydrogen-bond acceptors (Lipinski definition) is 2. The van der Waals surface area contributed by atoms with Gasteiger partial charge in [-0.05, 0) is 36.5 Å². The molecule has 2 N–H and O–H groups in total. The molecule has 0 aliphatic carbocycles. The van der Waals surface area contributed by atoms with Crippen LogP contribution in [0.4, 0.5) is 5.69 Å². The third kappa shape index (κ3) is 2.83. The number of hydrogen-bond donors (Lipinski definition) is 1. The zero-order valence-corrected chi connectivity index (χ0v) is 12.4. The van der Waals surface area contributed by atoms with Gasteiger partial charge in [-0.3, -0.25) is 0 Å². The molecule has 0 radical (unpaired) electrons. The van der Waals surface area contributed by atoms with Crippen molar-refractivity contribution in [1.29, 1.82) is 0 Å². The van der Waals surface area contributed by atoms with Crippen LogP contribution >= 0.6 is 15.9 Å². The molecule has 2 nitrogen and oxygen atoms in total. The lowest BCUT2D eigenvalue weighted by Gasteiger charge is -2.22. The van der Waals surface area contributed by atoms with Gasteiger partial charge in [0.05, 0.1) is 0 Å². The summed E-state index contributed by atoms with van der Waals surface area (Å²) in [6.45, 7) is 8.96. The molecule has 0 aromatic heterocycles. The van der Waals surface area contributed by atoms with Gasteiger partial charge >= 0.3 is 0 Å². The van der Waals surface area contributed by atoms with Crippen LogP contribution in [0.3, 0.4) is 0 Å². The number of nitrogens with two attached hydrogens (primary N) is 1. The van der Waals surface area contributed by atoms with Crippen molar-refractivity contribution in [2.45, 2.75) is 33.2 Å². The minimum atomic E-state index is 0.0773. The minimum absolute atomic E-state index is 0.0773. The molecule has 1 atom stereocenters. The molecule has 1 unspecified atom stereocenters. The number of rotatable bonds is 2. The zero-order chi connectivity index (χ0) is 12.6. The summed E-state index contributed by atoms with van der Waals surface area (Å²) in [5.74, 6) is 0. The van der Waals surface area contributed by atoms with Gasteiger partial charge in [-0.15, -0.1) is 0 Å². The van der Waals surface area contributed by atoms with Crippen LogP contribution in [0.25, 0.3) is 0 Å². The second-order valence-corrected chi connectivity index (χ2v) is 6.68. The van der Waals surface area contributed by atoms with Gasteiger partial charge in [-0.25, -0.2) is 0 Å². The van der Waals surface area contributed by atoms with E-state index in [0.717, 1.165) is 17.6 Å². The standard InChI is InChI=1S/C14H21BrN2/c1-10(16)12-5-4-11(8-13(12)15)17-7-6-14(2,3)9-17/h4-5,8,10H,6-7,9,16H2,1-3H3. The molecule has 1 fully saturated rings. The molecule has 0 amide bonds. The molecular formula is C14H21BrN2. The summed E-state index contributed by atoms with van der Waals surface area (Å²) in [7, 11) is 0. The maximum atomic E-state index is 5.92. The maximum absolute atomic E-state index is 5.92. The predicted octanol–water partition coefficient (Wildman–Crippen LogP) is 3.71. The lowest BCUT2D eigenvalue weighted by atomic mass is 9.93. The first kappa shape index (κ1) is 12.9. The molecule has 1 saturated heterocycles. The summed E-state index contributed by atoms with van der Waals surface area (Å²) in [5.41, 5.74) is 8.83. The zero-order valence-electron chi connectivity index (χ0n) is 10.8. The largest absolute Gasteiger partial charge is 0.371 e. The van der Waals surface area contributed by atoms with E-state index in [1.807, 2.05) is 6.92 Å². The van der Waals surface area contributed by atoms with Gasteiger partial charge in [0.25, 0.3) is 0 Å². The van der Waals surface area contributed by atoms with Gasteiger partial charge in [0, 0.05) is 29.3 Å². The second kappa shape index (κ2) is 4.62. The molecule has 2 rings (SSSR count). The lowest BCUT2D eigenvalue weighted by molar-refractivity contribution is 0.418. The molecule has 0 bridgehead atoms. The van der Waals surface area contributed by atoms with Crippen LogP contribution in [-0.4, -0.2) is 13.1 Å². The summed E-state index contributed by atoms with van der Waals surface area (Å²) in [6, 6.07) is 6.59. The van der Waals surface area contributed by atoms with E-state index < -0.39 is 0 Å². The van der Waals surface area contributed by atoms with Crippen molar-refractivity contribution in [3.05, 3.63) is 28.2 Å². The minimum Gasteiger partial charge on any atom is -0.371 e. The molecule has 0 spiro atoms. The maximum Gasteiger partial charge on any atom is 0.0377 e. The SMILES string of the molecule is CC(N)c1ccc(N2CCC(C)(C)C2)cc1Br. The number of benzene rings is 1. The Bertz CT molecular complexity index is 413. The summed E-state index contributed by atoms with van der Waals surface area (Å²) < 4.78 is 1.12. The smallest absolute Gasteiger partial charge is 0.0377 e. The molecule has 0 saturated carbocycles. The van der Waals surface area contributed by atoms with E-state index in [0.29, 0.717) is 5.41 Å². The van der Waals surface area contributed by atoms with Crippen molar-refractivity contribution in [2.24, 2.45) is 11.1 Å². The molecule has 1 aliphatic rings. The Balaban J connectivity index is 2.21. The van der Waals surface area contributed by atoms with Crippen LogP contribution in [0.5, 0.6) is 0 Å². The van der Waals surface area contributed by atoms with Crippen molar-refractivity contribution >= 4 is 21.6 Å². The number of halogens is 1. The average molecular weight is 297 g/mol. The van der Waals surface area contributed by atoms with Gasteiger partial charge < -0.3 is 10.6 Å². The highest BCUT2D eigenvalue weighted by Gasteiger charge is 2.29. The normalized spacial score (nSPS) is 20.6. The van der Waals surface area contributed by atoms with Crippen LogP contribution in [0, 0.1) is 5.41 Å². The Labute approximate surface area is 112 Å². The van der Waals surface area contributed by atoms with E-state index in [1.165, 1.54) is 17.7 Å². The Morgan fingerprint density at radius 2 is 2.12 bits per heavy atom. The first-order chi connectivity index (χ1) is 7.89. The van der Waals surface area contributed by atoms with E-state index in [9.17, 15) is 0 Å². The molecule has 3 heteroatoms. The second-order valence-electron chi connectivity index (χ2n) is 5.83. The van der Waals surface area contributed by atoms with Gasteiger partial charge in [0.2, 0.25) is 0 Å². The van der Waals surface area contributed by atoms with Crippen LogP contribution in [0.1, 0.15) is 38.8 Å².